The normalized spacial score (nSPS) is 12.7. The van der Waals surface area contributed by atoms with E-state index >= 15 is 0 Å². The number of hydrogen-bond acceptors (Lipinski definition) is 1. The molecule has 0 aliphatic carbocycles. The second-order valence-electron chi connectivity index (χ2n) is 6.56. The second-order valence-corrected chi connectivity index (χ2v) is 6.56. The Labute approximate surface area is 147 Å². The highest BCUT2D eigenvalue weighted by Crippen LogP contribution is 2.38. The third-order valence-electron chi connectivity index (χ3n) is 5.02. The van der Waals surface area contributed by atoms with E-state index < -0.39 is 0 Å². The highest BCUT2D eigenvalue weighted by atomic mass is 16.1. The van der Waals surface area contributed by atoms with Crippen LogP contribution < -0.4 is 5.32 Å². The van der Waals surface area contributed by atoms with E-state index in [1.807, 2.05) is 0 Å². The molecule has 0 spiro atoms. The Hall–Kier alpha value is -2.87. The van der Waals surface area contributed by atoms with Crippen LogP contribution in [0.5, 0.6) is 0 Å². The highest BCUT2D eigenvalue weighted by Gasteiger charge is 2.17. The topological polar surface area (TPSA) is 29.1 Å². The summed E-state index contributed by atoms with van der Waals surface area (Å²) in [6, 6.07) is 19.5. The van der Waals surface area contributed by atoms with Gasteiger partial charge in [0.2, 0.25) is 5.91 Å². The average molecular weight is 327 g/mol. The average Bonchev–Trinajstić information content (AvgIpc) is 2.65. The lowest BCUT2D eigenvalue weighted by molar-refractivity contribution is -0.117. The van der Waals surface area contributed by atoms with Crippen LogP contribution in [0.25, 0.3) is 32.3 Å². The number of nitrogens with one attached hydrogen (secondary N) is 1. The van der Waals surface area contributed by atoms with Gasteiger partial charge in [0.15, 0.2) is 0 Å². The van der Waals surface area contributed by atoms with Crippen molar-refractivity contribution in [3.8, 4) is 0 Å². The highest BCUT2D eigenvalue weighted by molar-refractivity contribution is 6.23. The number of carbonyl (C=O) groups is 1. The molecule has 2 heteroatoms. The van der Waals surface area contributed by atoms with Crippen molar-refractivity contribution < 1.29 is 4.79 Å². The standard InChI is InChI=1S/C23H21NO/c1-3-6-20(24-21(25)4-2)18-13-11-17-10-9-15-7-5-8-16-12-14-19(18)23(17)22(15)16/h4-5,7-14,20H,2-3,6H2,1H3,(H,24,25)/t20-/m0/s1. The number of rotatable bonds is 5. The predicted octanol–water partition coefficient (Wildman–Crippen LogP) is 5.73. The Morgan fingerprint density at radius 3 is 2.32 bits per heavy atom. The number of amides is 1. The Morgan fingerprint density at radius 2 is 1.64 bits per heavy atom. The molecule has 1 atom stereocenters. The van der Waals surface area contributed by atoms with Gasteiger partial charge in [0.1, 0.15) is 0 Å². The first-order valence-corrected chi connectivity index (χ1v) is 8.82. The lowest BCUT2D eigenvalue weighted by Gasteiger charge is -2.21. The minimum absolute atomic E-state index is 0.0000633. The van der Waals surface area contributed by atoms with Crippen LogP contribution in [0.15, 0.2) is 67.3 Å². The van der Waals surface area contributed by atoms with E-state index in [1.165, 1.54) is 44.0 Å². The first-order valence-electron chi connectivity index (χ1n) is 8.82. The summed E-state index contributed by atoms with van der Waals surface area (Å²) >= 11 is 0. The first-order chi connectivity index (χ1) is 12.2. The number of benzene rings is 4. The van der Waals surface area contributed by atoms with Crippen molar-refractivity contribution in [2.45, 2.75) is 25.8 Å². The molecule has 0 fully saturated rings. The van der Waals surface area contributed by atoms with E-state index in [1.54, 1.807) is 0 Å². The zero-order chi connectivity index (χ0) is 17.4. The molecule has 0 heterocycles. The van der Waals surface area contributed by atoms with Gasteiger partial charge in [-0.05, 0) is 50.4 Å². The summed E-state index contributed by atoms with van der Waals surface area (Å²) in [5.41, 5.74) is 1.18. The molecule has 4 aromatic carbocycles. The lowest BCUT2D eigenvalue weighted by Crippen LogP contribution is -2.26. The summed E-state index contributed by atoms with van der Waals surface area (Å²) in [7, 11) is 0. The first kappa shape index (κ1) is 15.6. The van der Waals surface area contributed by atoms with Crippen LogP contribution in [0.2, 0.25) is 0 Å². The van der Waals surface area contributed by atoms with Gasteiger partial charge < -0.3 is 5.32 Å². The van der Waals surface area contributed by atoms with E-state index in [0.29, 0.717) is 0 Å². The summed E-state index contributed by atoms with van der Waals surface area (Å²) in [6.45, 7) is 5.73. The maximum absolute atomic E-state index is 11.9. The molecule has 0 aliphatic rings. The van der Waals surface area contributed by atoms with Crippen molar-refractivity contribution in [2.24, 2.45) is 0 Å². The molecule has 0 radical (unpaired) electrons. The van der Waals surface area contributed by atoms with Gasteiger partial charge in [0.25, 0.3) is 0 Å². The van der Waals surface area contributed by atoms with Crippen molar-refractivity contribution in [3.63, 3.8) is 0 Å². The zero-order valence-corrected chi connectivity index (χ0v) is 14.4. The molecule has 4 rings (SSSR count). The molecule has 0 saturated heterocycles. The van der Waals surface area contributed by atoms with E-state index in [-0.39, 0.29) is 11.9 Å². The quantitative estimate of drug-likeness (QED) is 0.368. The van der Waals surface area contributed by atoms with Crippen LogP contribution in [0.1, 0.15) is 31.4 Å². The minimum atomic E-state index is -0.121. The molecule has 124 valence electrons. The molecule has 0 bridgehead atoms. The van der Waals surface area contributed by atoms with Crippen LogP contribution >= 0.6 is 0 Å². The molecular weight excluding hydrogens is 306 g/mol. The summed E-state index contributed by atoms with van der Waals surface area (Å²) in [6.07, 6.45) is 3.26. The fourth-order valence-electron chi connectivity index (χ4n) is 3.89. The molecule has 1 N–H and O–H groups in total. The van der Waals surface area contributed by atoms with E-state index in [2.05, 4.69) is 73.4 Å². The van der Waals surface area contributed by atoms with E-state index in [4.69, 9.17) is 0 Å². The maximum Gasteiger partial charge on any atom is 0.243 e. The van der Waals surface area contributed by atoms with Crippen molar-refractivity contribution >= 4 is 38.2 Å². The fraction of sp³-hybridized carbons (Fsp3) is 0.174. The fourth-order valence-corrected chi connectivity index (χ4v) is 3.89. The van der Waals surface area contributed by atoms with Gasteiger partial charge in [-0.1, -0.05) is 74.5 Å². The molecule has 0 aliphatic heterocycles. The maximum atomic E-state index is 11.9. The van der Waals surface area contributed by atoms with Gasteiger partial charge in [-0.25, -0.2) is 0 Å². The summed E-state index contributed by atoms with van der Waals surface area (Å²) in [5, 5.41) is 10.7. The van der Waals surface area contributed by atoms with Crippen LogP contribution in [0.3, 0.4) is 0 Å². The van der Waals surface area contributed by atoms with Gasteiger partial charge in [-0.2, -0.15) is 0 Å². The number of carbonyl (C=O) groups excluding carboxylic acids is 1. The van der Waals surface area contributed by atoms with Gasteiger partial charge in [0, 0.05) is 0 Å². The van der Waals surface area contributed by atoms with Crippen molar-refractivity contribution in [2.75, 3.05) is 0 Å². The SMILES string of the molecule is C=CC(=O)N[C@@H](CCC)c1ccc2ccc3cccc4ccc1c2c34. The predicted molar refractivity (Wildman–Crippen MR) is 106 cm³/mol. The molecule has 0 saturated carbocycles. The van der Waals surface area contributed by atoms with Gasteiger partial charge in [0.05, 0.1) is 6.04 Å². The Morgan fingerprint density at radius 1 is 1.00 bits per heavy atom. The zero-order valence-electron chi connectivity index (χ0n) is 14.4. The molecule has 25 heavy (non-hydrogen) atoms. The van der Waals surface area contributed by atoms with Gasteiger partial charge >= 0.3 is 0 Å². The van der Waals surface area contributed by atoms with Crippen LogP contribution in [-0.4, -0.2) is 5.91 Å². The van der Waals surface area contributed by atoms with E-state index in [9.17, 15) is 4.79 Å². The molecule has 2 nitrogen and oxygen atoms in total. The Bertz CT molecular complexity index is 1060. The molecule has 0 aromatic heterocycles. The molecule has 4 aromatic rings. The molecule has 1 amide bonds. The minimum Gasteiger partial charge on any atom is -0.346 e. The van der Waals surface area contributed by atoms with E-state index in [0.717, 1.165) is 12.8 Å². The van der Waals surface area contributed by atoms with Crippen molar-refractivity contribution in [3.05, 3.63) is 72.8 Å². The summed E-state index contributed by atoms with van der Waals surface area (Å²) in [4.78, 5) is 11.9. The second kappa shape index (κ2) is 6.21. The largest absolute Gasteiger partial charge is 0.346 e. The molecule has 0 unspecified atom stereocenters. The van der Waals surface area contributed by atoms with Crippen molar-refractivity contribution in [1.29, 1.82) is 0 Å². The third kappa shape index (κ3) is 2.54. The van der Waals surface area contributed by atoms with Crippen LogP contribution in [-0.2, 0) is 4.79 Å². The summed E-state index contributed by atoms with van der Waals surface area (Å²) < 4.78 is 0. The Kier molecular flexibility index (Phi) is 3.89. The van der Waals surface area contributed by atoms with Crippen molar-refractivity contribution in [1.82, 2.24) is 5.32 Å². The smallest absolute Gasteiger partial charge is 0.243 e. The van der Waals surface area contributed by atoms with Crippen LogP contribution in [0.4, 0.5) is 0 Å². The van der Waals surface area contributed by atoms with Gasteiger partial charge in [-0.3, -0.25) is 4.79 Å². The summed E-state index contributed by atoms with van der Waals surface area (Å²) in [5.74, 6) is -0.121. The van der Waals surface area contributed by atoms with Gasteiger partial charge in [-0.15, -0.1) is 0 Å². The third-order valence-corrected chi connectivity index (χ3v) is 5.02. The number of hydrogen-bond donors (Lipinski definition) is 1. The Balaban J connectivity index is 2.00. The van der Waals surface area contributed by atoms with Crippen LogP contribution in [0, 0.1) is 0 Å². The lowest BCUT2D eigenvalue weighted by atomic mass is 9.89. The monoisotopic (exact) mass is 327 g/mol. The molecular formula is C23H21NO.